The van der Waals surface area contributed by atoms with Gasteiger partial charge in [0, 0.05) is 11.9 Å². The molecule has 0 fully saturated rings. The molecule has 1 N–H and O–H groups in total. The summed E-state index contributed by atoms with van der Waals surface area (Å²) in [5, 5.41) is 14.1. The van der Waals surface area contributed by atoms with Crippen molar-refractivity contribution in [3.63, 3.8) is 0 Å². The van der Waals surface area contributed by atoms with Crippen molar-refractivity contribution >= 4 is 16.9 Å². The number of nitrogens with zero attached hydrogens (tertiary/aromatic N) is 2. The Balaban J connectivity index is 2.69. The third kappa shape index (κ3) is 1.58. The Kier molecular flexibility index (Phi) is 2.41. The number of aromatic carboxylic acids is 1. The zero-order valence-electron chi connectivity index (χ0n) is 8.47. The van der Waals surface area contributed by atoms with Gasteiger partial charge in [-0.3, -0.25) is 4.68 Å². The molecule has 78 valence electrons. The molecule has 0 spiro atoms. The van der Waals surface area contributed by atoms with Crippen molar-refractivity contribution in [2.75, 3.05) is 0 Å². The molecule has 0 saturated carbocycles. The molecule has 0 saturated heterocycles. The van der Waals surface area contributed by atoms with E-state index < -0.39 is 5.97 Å². The Labute approximate surface area is 87.1 Å². The van der Waals surface area contributed by atoms with E-state index in [9.17, 15) is 4.79 Å². The molecule has 1 aromatic carbocycles. The van der Waals surface area contributed by atoms with Gasteiger partial charge in [-0.2, -0.15) is 5.10 Å². The van der Waals surface area contributed by atoms with Gasteiger partial charge in [-0.05, 0) is 12.5 Å². The number of aromatic nitrogens is 2. The molecule has 0 radical (unpaired) electrons. The third-order valence-electron chi connectivity index (χ3n) is 2.28. The monoisotopic (exact) mass is 204 g/mol. The summed E-state index contributed by atoms with van der Waals surface area (Å²) < 4.78 is 1.56. The van der Waals surface area contributed by atoms with Crippen LogP contribution in [0.3, 0.4) is 0 Å². The van der Waals surface area contributed by atoms with Crippen LogP contribution in [0.1, 0.15) is 23.8 Å². The minimum Gasteiger partial charge on any atom is -0.477 e. The minimum atomic E-state index is -0.919. The van der Waals surface area contributed by atoms with Crippen molar-refractivity contribution in [1.29, 1.82) is 0 Å². The van der Waals surface area contributed by atoms with Crippen LogP contribution in [0.2, 0.25) is 0 Å². The highest BCUT2D eigenvalue weighted by atomic mass is 16.4. The van der Waals surface area contributed by atoms with Crippen molar-refractivity contribution in [1.82, 2.24) is 9.78 Å². The smallest absolute Gasteiger partial charge is 0.354 e. The van der Waals surface area contributed by atoms with E-state index in [1.54, 1.807) is 10.7 Å². The topological polar surface area (TPSA) is 55.1 Å². The van der Waals surface area contributed by atoms with Crippen LogP contribution in [0.25, 0.3) is 10.9 Å². The van der Waals surface area contributed by atoms with Gasteiger partial charge in [0.1, 0.15) is 0 Å². The van der Waals surface area contributed by atoms with Gasteiger partial charge < -0.3 is 5.11 Å². The van der Waals surface area contributed by atoms with Gasteiger partial charge in [-0.1, -0.05) is 25.1 Å². The van der Waals surface area contributed by atoms with Crippen LogP contribution in [0, 0.1) is 0 Å². The zero-order chi connectivity index (χ0) is 10.8. The van der Waals surface area contributed by atoms with Crippen LogP contribution >= 0.6 is 0 Å². The highest BCUT2D eigenvalue weighted by molar-refractivity contribution is 6.01. The predicted octanol–water partition coefficient (Wildman–Crippen LogP) is 2.14. The van der Waals surface area contributed by atoms with Gasteiger partial charge >= 0.3 is 5.97 Å². The fourth-order valence-electron chi connectivity index (χ4n) is 1.68. The Morgan fingerprint density at radius 3 is 2.87 bits per heavy atom. The van der Waals surface area contributed by atoms with E-state index in [2.05, 4.69) is 5.10 Å². The summed E-state index contributed by atoms with van der Waals surface area (Å²) in [6.07, 6.45) is 0.869. The number of fused-ring (bicyclic) bond motifs is 1. The lowest BCUT2D eigenvalue weighted by molar-refractivity contribution is 0.0685. The molecule has 0 unspecified atom stereocenters. The molecule has 0 aliphatic carbocycles. The van der Waals surface area contributed by atoms with Crippen LogP contribution in [0.4, 0.5) is 0 Å². The van der Waals surface area contributed by atoms with Crippen LogP contribution < -0.4 is 0 Å². The first kappa shape index (κ1) is 9.71. The van der Waals surface area contributed by atoms with Gasteiger partial charge in [0.2, 0.25) is 0 Å². The number of benzene rings is 1. The van der Waals surface area contributed by atoms with Crippen molar-refractivity contribution in [3.8, 4) is 0 Å². The second-order valence-electron chi connectivity index (χ2n) is 3.39. The van der Waals surface area contributed by atoms with Gasteiger partial charge in [0.15, 0.2) is 5.69 Å². The second kappa shape index (κ2) is 3.73. The molecule has 4 heteroatoms. The first-order chi connectivity index (χ1) is 7.24. The van der Waals surface area contributed by atoms with E-state index in [1.807, 2.05) is 25.1 Å². The summed E-state index contributed by atoms with van der Waals surface area (Å²) in [7, 11) is 0. The van der Waals surface area contributed by atoms with Gasteiger partial charge in [-0.15, -0.1) is 0 Å². The van der Waals surface area contributed by atoms with Crippen LogP contribution in [-0.4, -0.2) is 20.9 Å². The van der Waals surface area contributed by atoms with Crippen molar-refractivity contribution in [3.05, 3.63) is 30.0 Å². The maximum absolute atomic E-state index is 11.1. The first-order valence-corrected chi connectivity index (χ1v) is 4.93. The van der Waals surface area contributed by atoms with Crippen molar-refractivity contribution < 1.29 is 9.90 Å². The Morgan fingerprint density at radius 1 is 1.47 bits per heavy atom. The van der Waals surface area contributed by atoms with Crippen LogP contribution in [-0.2, 0) is 6.54 Å². The fraction of sp³-hybridized carbons (Fsp3) is 0.273. The average molecular weight is 204 g/mol. The highest BCUT2D eigenvalue weighted by Gasteiger charge is 2.16. The molecule has 1 heterocycles. The Hall–Kier alpha value is -1.84. The molecule has 1 aromatic heterocycles. The number of carboxylic acids is 1. The summed E-state index contributed by atoms with van der Waals surface area (Å²) in [5.74, 6) is -0.919. The maximum atomic E-state index is 11.1. The normalized spacial score (nSPS) is 10.7. The largest absolute Gasteiger partial charge is 0.477 e. The van der Waals surface area contributed by atoms with Gasteiger partial charge in [0.05, 0.1) is 5.52 Å². The number of hydrogen-bond acceptors (Lipinski definition) is 2. The van der Waals surface area contributed by atoms with Crippen LogP contribution in [0.15, 0.2) is 24.3 Å². The summed E-state index contributed by atoms with van der Waals surface area (Å²) in [4.78, 5) is 11.1. The zero-order valence-corrected chi connectivity index (χ0v) is 8.47. The lowest BCUT2D eigenvalue weighted by Gasteiger charge is -2.00. The summed E-state index contributed by atoms with van der Waals surface area (Å²) in [6, 6.07) is 7.30. The SMILES string of the molecule is CCCn1nc2ccccc2c1C(=O)O. The quantitative estimate of drug-likeness (QED) is 0.833. The molecule has 0 aliphatic rings. The molecule has 2 rings (SSSR count). The first-order valence-electron chi connectivity index (χ1n) is 4.93. The minimum absolute atomic E-state index is 0.285. The molecule has 0 bridgehead atoms. The van der Waals surface area contributed by atoms with E-state index in [-0.39, 0.29) is 5.69 Å². The highest BCUT2D eigenvalue weighted by Crippen LogP contribution is 2.18. The summed E-state index contributed by atoms with van der Waals surface area (Å²) in [5.41, 5.74) is 1.02. The lowest BCUT2D eigenvalue weighted by atomic mass is 10.2. The number of aryl methyl sites for hydroxylation is 1. The number of carboxylic acid groups (broad SMARTS) is 1. The number of rotatable bonds is 3. The molecule has 0 amide bonds. The van der Waals surface area contributed by atoms with E-state index in [1.165, 1.54) is 0 Å². The van der Waals surface area contributed by atoms with E-state index in [4.69, 9.17) is 5.11 Å². The van der Waals surface area contributed by atoms with Gasteiger partial charge in [-0.25, -0.2) is 4.79 Å². The van der Waals surface area contributed by atoms with E-state index in [0.717, 1.165) is 11.9 Å². The van der Waals surface area contributed by atoms with Crippen LogP contribution in [0.5, 0.6) is 0 Å². The molecule has 0 atom stereocenters. The average Bonchev–Trinajstić information content (AvgIpc) is 2.56. The van der Waals surface area contributed by atoms with Gasteiger partial charge in [0.25, 0.3) is 0 Å². The number of hydrogen-bond donors (Lipinski definition) is 1. The molecular formula is C11H12N2O2. The predicted molar refractivity (Wildman–Crippen MR) is 57.0 cm³/mol. The summed E-state index contributed by atoms with van der Waals surface area (Å²) in [6.45, 7) is 2.63. The maximum Gasteiger partial charge on any atom is 0.354 e. The molecule has 0 aliphatic heterocycles. The fourth-order valence-corrected chi connectivity index (χ4v) is 1.68. The second-order valence-corrected chi connectivity index (χ2v) is 3.39. The molecule has 4 nitrogen and oxygen atoms in total. The van der Waals surface area contributed by atoms with E-state index >= 15 is 0 Å². The van der Waals surface area contributed by atoms with E-state index in [0.29, 0.717) is 11.9 Å². The van der Waals surface area contributed by atoms with Crippen molar-refractivity contribution in [2.45, 2.75) is 19.9 Å². The van der Waals surface area contributed by atoms with Crippen molar-refractivity contribution in [2.24, 2.45) is 0 Å². The molecule has 15 heavy (non-hydrogen) atoms. The number of carbonyl (C=O) groups is 1. The Bertz CT molecular complexity index is 502. The Morgan fingerprint density at radius 2 is 2.20 bits per heavy atom. The molecular weight excluding hydrogens is 192 g/mol. The lowest BCUT2D eigenvalue weighted by Crippen LogP contribution is -2.09. The standard InChI is InChI=1S/C11H12N2O2/c1-2-7-13-10(11(14)15)8-5-3-4-6-9(8)12-13/h3-6H,2,7H2,1H3,(H,14,15). The summed E-state index contributed by atoms with van der Waals surface area (Å²) >= 11 is 0. The molecule has 2 aromatic rings. The third-order valence-corrected chi connectivity index (χ3v) is 2.28.